The van der Waals surface area contributed by atoms with Crippen molar-refractivity contribution in [1.82, 2.24) is 14.9 Å². The fourth-order valence-corrected chi connectivity index (χ4v) is 2.84. The Balaban J connectivity index is 2.48. The maximum absolute atomic E-state index is 15.7. The van der Waals surface area contributed by atoms with Crippen LogP contribution in [0.25, 0.3) is 0 Å². The van der Waals surface area contributed by atoms with Gasteiger partial charge < -0.3 is 19.1 Å². The average Bonchev–Trinajstić information content (AvgIpc) is 2.70. The largest absolute Gasteiger partial charge is 0.443 e. The zero-order valence-corrected chi connectivity index (χ0v) is 22.1. The molecule has 2 heterocycles. The fourth-order valence-electron chi connectivity index (χ4n) is 2.84. The Morgan fingerprint density at radius 2 is 1.47 bits per heavy atom. The van der Waals surface area contributed by atoms with Gasteiger partial charge in [0.2, 0.25) is 0 Å². The second kappa shape index (κ2) is 10.9. The Hall–Kier alpha value is -3.76. The summed E-state index contributed by atoms with van der Waals surface area (Å²) in [6.45, 7) is 11.4. The minimum absolute atomic E-state index is 0.0179. The van der Waals surface area contributed by atoms with Crippen molar-refractivity contribution in [2.75, 3.05) is 19.0 Å². The first-order valence-electron chi connectivity index (χ1n) is 11.2. The van der Waals surface area contributed by atoms with Crippen LogP contribution in [0.4, 0.5) is 24.6 Å². The van der Waals surface area contributed by atoms with Crippen molar-refractivity contribution >= 4 is 24.1 Å². The zero-order chi connectivity index (χ0) is 27.4. The lowest BCUT2D eigenvalue weighted by molar-refractivity contribution is 0.0427. The van der Waals surface area contributed by atoms with Gasteiger partial charge in [-0.3, -0.25) is 4.98 Å². The van der Waals surface area contributed by atoms with Crippen LogP contribution in [0.3, 0.4) is 0 Å². The number of hydrogen-bond donors (Lipinski definition) is 0. The summed E-state index contributed by atoms with van der Waals surface area (Å²) in [5.74, 6) is -1.24. The normalized spacial score (nSPS) is 11.5. The number of aromatic nitrogens is 2. The SMILES string of the molecule is Cc1c(Cc2ccnc(N(C(=O)OC(C)(C)C)C(=O)OC(C)(C)C)c2F)cncc1OC(=O)N(C)C. The Labute approximate surface area is 210 Å². The van der Waals surface area contributed by atoms with Crippen molar-refractivity contribution in [1.29, 1.82) is 0 Å². The van der Waals surface area contributed by atoms with Crippen molar-refractivity contribution in [3.63, 3.8) is 0 Å². The van der Waals surface area contributed by atoms with Crippen LogP contribution in [0.1, 0.15) is 58.2 Å². The third-order valence-electron chi connectivity index (χ3n) is 4.53. The van der Waals surface area contributed by atoms with E-state index in [0.29, 0.717) is 16.0 Å². The number of anilines is 1. The summed E-state index contributed by atoms with van der Waals surface area (Å²) in [4.78, 5) is 47.5. The first kappa shape index (κ1) is 28.5. The Bertz CT molecular complexity index is 1110. The summed E-state index contributed by atoms with van der Waals surface area (Å²) < 4.78 is 31.7. The summed E-state index contributed by atoms with van der Waals surface area (Å²) in [5.41, 5.74) is -0.652. The van der Waals surface area contributed by atoms with Crippen LogP contribution < -0.4 is 9.64 Å². The molecule has 0 aliphatic carbocycles. The molecule has 0 N–H and O–H groups in total. The molecule has 0 saturated carbocycles. The monoisotopic (exact) mass is 504 g/mol. The molecule has 0 aromatic carbocycles. The van der Waals surface area contributed by atoms with Crippen LogP contribution in [0.15, 0.2) is 24.7 Å². The smallest absolute Gasteiger partial charge is 0.425 e. The molecule has 2 aromatic heterocycles. The molecule has 11 heteroatoms. The molecule has 2 aromatic rings. The number of ether oxygens (including phenoxy) is 3. The molecule has 3 amide bonds. The average molecular weight is 505 g/mol. The number of carbonyl (C=O) groups excluding carboxylic acids is 3. The highest BCUT2D eigenvalue weighted by molar-refractivity contribution is 6.08. The van der Waals surface area contributed by atoms with Gasteiger partial charge in [0.1, 0.15) is 11.2 Å². The van der Waals surface area contributed by atoms with E-state index in [0.717, 1.165) is 0 Å². The summed E-state index contributed by atoms with van der Waals surface area (Å²) in [5, 5.41) is 0. The van der Waals surface area contributed by atoms with Crippen LogP contribution in [0, 0.1) is 12.7 Å². The number of amides is 3. The molecular weight excluding hydrogens is 471 g/mol. The van der Waals surface area contributed by atoms with Crippen molar-refractivity contribution in [2.24, 2.45) is 0 Å². The molecule has 0 atom stereocenters. The lowest BCUT2D eigenvalue weighted by Crippen LogP contribution is -2.44. The molecule has 0 fully saturated rings. The molecule has 0 bridgehead atoms. The van der Waals surface area contributed by atoms with E-state index in [1.165, 1.54) is 29.6 Å². The van der Waals surface area contributed by atoms with Crippen LogP contribution in [-0.4, -0.2) is 58.4 Å². The minimum Gasteiger partial charge on any atom is -0.443 e. The molecule has 2 rings (SSSR count). The third kappa shape index (κ3) is 7.62. The van der Waals surface area contributed by atoms with E-state index in [2.05, 4.69) is 9.97 Å². The molecule has 196 valence electrons. The second-order valence-electron chi connectivity index (χ2n) is 10.3. The molecule has 10 nitrogen and oxygen atoms in total. The van der Waals surface area contributed by atoms with Crippen molar-refractivity contribution in [3.05, 3.63) is 47.2 Å². The topological polar surface area (TPSA) is 111 Å². The predicted octanol–water partition coefficient (Wildman–Crippen LogP) is 5.25. The minimum atomic E-state index is -1.13. The zero-order valence-electron chi connectivity index (χ0n) is 22.1. The van der Waals surface area contributed by atoms with Gasteiger partial charge in [0.25, 0.3) is 0 Å². The van der Waals surface area contributed by atoms with Gasteiger partial charge in [0.05, 0.1) is 6.20 Å². The standard InChI is InChI=1S/C25H33FN4O6/c1-15-17(13-27-14-18(15)34-21(31)29(8)9)12-16-10-11-28-20(19(16)26)30(22(32)35-24(2,3)4)23(33)36-25(5,6)7/h10-11,13-14H,12H2,1-9H3. The Morgan fingerprint density at radius 3 is 1.97 bits per heavy atom. The summed E-state index contributed by atoms with van der Waals surface area (Å²) in [7, 11) is 3.09. The van der Waals surface area contributed by atoms with Gasteiger partial charge in [0.15, 0.2) is 17.4 Å². The lowest BCUT2D eigenvalue weighted by atomic mass is 10.0. The van der Waals surface area contributed by atoms with Gasteiger partial charge in [-0.15, -0.1) is 0 Å². The maximum atomic E-state index is 15.7. The van der Waals surface area contributed by atoms with Gasteiger partial charge in [0, 0.05) is 32.9 Å². The van der Waals surface area contributed by atoms with E-state index in [-0.39, 0.29) is 17.7 Å². The molecule has 36 heavy (non-hydrogen) atoms. The van der Waals surface area contributed by atoms with Crippen LogP contribution in [0.2, 0.25) is 0 Å². The number of imide groups is 1. The van der Waals surface area contributed by atoms with Crippen molar-refractivity contribution < 1.29 is 33.0 Å². The second-order valence-corrected chi connectivity index (χ2v) is 10.3. The van der Waals surface area contributed by atoms with Gasteiger partial charge in [-0.2, -0.15) is 4.90 Å². The molecule has 0 aliphatic rings. The molecule has 0 unspecified atom stereocenters. The highest BCUT2D eigenvalue weighted by atomic mass is 19.1. The number of rotatable bonds is 4. The van der Waals surface area contributed by atoms with E-state index >= 15 is 4.39 Å². The number of pyridine rings is 2. The highest BCUT2D eigenvalue weighted by Crippen LogP contribution is 2.28. The Kier molecular flexibility index (Phi) is 8.61. The molecule has 0 aliphatic heterocycles. The molecule has 0 spiro atoms. The number of halogens is 1. The van der Waals surface area contributed by atoms with Gasteiger partial charge in [-0.05, 0) is 71.2 Å². The highest BCUT2D eigenvalue weighted by Gasteiger charge is 2.36. The van der Waals surface area contributed by atoms with Crippen LogP contribution in [0.5, 0.6) is 5.75 Å². The number of nitrogens with zero attached hydrogens (tertiary/aromatic N) is 4. The maximum Gasteiger partial charge on any atom is 0.425 e. The van der Waals surface area contributed by atoms with E-state index < -0.39 is 41.1 Å². The van der Waals surface area contributed by atoms with Gasteiger partial charge >= 0.3 is 18.3 Å². The van der Waals surface area contributed by atoms with E-state index in [1.807, 2.05) is 0 Å². The summed E-state index contributed by atoms with van der Waals surface area (Å²) in [6.07, 6.45) is 1.35. The van der Waals surface area contributed by atoms with Crippen molar-refractivity contribution in [2.45, 2.75) is 66.1 Å². The predicted molar refractivity (Wildman–Crippen MR) is 131 cm³/mol. The van der Waals surface area contributed by atoms with E-state index in [4.69, 9.17) is 14.2 Å². The first-order valence-corrected chi connectivity index (χ1v) is 11.2. The van der Waals surface area contributed by atoms with E-state index in [1.54, 1.807) is 62.6 Å². The van der Waals surface area contributed by atoms with Crippen LogP contribution in [-0.2, 0) is 15.9 Å². The quantitative estimate of drug-likeness (QED) is 0.555. The summed E-state index contributed by atoms with van der Waals surface area (Å²) in [6, 6.07) is 1.42. The lowest BCUT2D eigenvalue weighted by Gasteiger charge is -2.28. The first-order chi connectivity index (χ1) is 16.5. The van der Waals surface area contributed by atoms with Gasteiger partial charge in [-0.25, -0.2) is 23.8 Å². The Morgan fingerprint density at radius 1 is 0.917 bits per heavy atom. The number of hydrogen-bond acceptors (Lipinski definition) is 8. The van der Waals surface area contributed by atoms with Gasteiger partial charge in [-0.1, -0.05) is 0 Å². The fraction of sp³-hybridized carbons (Fsp3) is 0.480. The molecule has 0 saturated heterocycles. The third-order valence-corrected chi connectivity index (χ3v) is 4.53. The van der Waals surface area contributed by atoms with Crippen molar-refractivity contribution in [3.8, 4) is 5.75 Å². The molecule has 0 radical (unpaired) electrons. The number of carbonyl (C=O) groups is 3. The van der Waals surface area contributed by atoms with E-state index in [9.17, 15) is 14.4 Å². The molecular formula is C25H33FN4O6. The summed E-state index contributed by atoms with van der Waals surface area (Å²) >= 11 is 0. The van der Waals surface area contributed by atoms with Crippen LogP contribution >= 0.6 is 0 Å².